The molecule has 2 rings (SSSR count). The van der Waals surface area contributed by atoms with Gasteiger partial charge in [0.25, 0.3) is 0 Å². The largest absolute Gasteiger partial charge is 0.405 e. The second-order valence-electron chi connectivity index (χ2n) is 4.71. The van der Waals surface area contributed by atoms with E-state index in [1.165, 1.54) is 16.7 Å². The van der Waals surface area contributed by atoms with E-state index in [0.29, 0.717) is 5.56 Å². The van der Waals surface area contributed by atoms with E-state index in [0.717, 1.165) is 10.1 Å². The Morgan fingerprint density at radius 1 is 1.17 bits per heavy atom. The van der Waals surface area contributed by atoms with Crippen LogP contribution in [0.3, 0.4) is 0 Å². The molecule has 0 fully saturated rings. The highest BCUT2D eigenvalue weighted by Gasteiger charge is 2.29. The van der Waals surface area contributed by atoms with Crippen LogP contribution in [0.5, 0.6) is 0 Å². The molecule has 1 heterocycles. The fraction of sp³-hybridized carbons (Fsp3) is 0.286. The average molecular weight is 346 g/mol. The molecule has 3 N–H and O–H groups in total. The molecule has 0 radical (unpaired) electrons. The zero-order valence-corrected chi connectivity index (χ0v) is 12.5. The quantitative estimate of drug-likeness (QED) is 0.738. The number of aliphatic hydroxyl groups is 1. The van der Waals surface area contributed by atoms with Gasteiger partial charge in [-0.05, 0) is 16.8 Å². The van der Waals surface area contributed by atoms with Gasteiger partial charge < -0.3 is 15.7 Å². The third-order valence-corrected chi connectivity index (χ3v) is 3.96. The van der Waals surface area contributed by atoms with E-state index in [1.54, 1.807) is 11.4 Å². The van der Waals surface area contributed by atoms with Crippen molar-refractivity contribution in [1.29, 1.82) is 0 Å². The third-order valence-electron chi connectivity index (χ3n) is 2.98. The predicted octanol–water partition coefficient (Wildman–Crippen LogP) is 1.73. The first-order valence-electron chi connectivity index (χ1n) is 6.55. The van der Waals surface area contributed by atoms with E-state index >= 15 is 0 Å². The summed E-state index contributed by atoms with van der Waals surface area (Å²) in [6, 6.07) is 7.33. The molecule has 9 heteroatoms. The van der Waals surface area contributed by atoms with Gasteiger partial charge in [0, 0.05) is 16.8 Å². The number of halogens is 3. The minimum absolute atomic E-state index is 0.279. The number of benzene rings is 1. The number of rotatable bonds is 4. The third kappa shape index (κ3) is 4.67. The number of thiophene rings is 1. The van der Waals surface area contributed by atoms with Crippen LogP contribution in [0.15, 0.2) is 29.6 Å². The minimum atomic E-state index is -4.59. The van der Waals surface area contributed by atoms with E-state index in [4.69, 9.17) is 0 Å². The maximum absolute atomic E-state index is 11.9. The van der Waals surface area contributed by atoms with Crippen molar-refractivity contribution in [2.24, 2.45) is 0 Å². The maximum Gasteiger partial charge on any atom is 0.405 e. The SMILES string of the molecule is O=C(NCC(O)c1csc2ccccc12)C(=O)NCC(F)(F)F. The maximum atomic E-state index is 11.9. The topological polar surface area (TPSA) is 78.4 Å². The van der Waals surface area contributed by atoms with Gasteiger partial charge in [0.05, 0.1) is 6.10 Å². The summed E-state index contributed by atoms with van der Waals surface area (Å²) in [5.74, 6) is -2.63. The lowest BCUT2D eigenvalue weighted by molar-refractivity contribution is -0.146. The van der Waals surface area contributed by atoms with Gasteiger partial charge in [-0.25, -0.2) is 0 Å². The number of amides is 2. The van der Waals surface area contributed by atoms with Crippen LogP contribution in [-0.4, -0.2) is 36.2 Å². The van der Waals surface area contributed by atoms with Crippen LogP contribution in [0, 0.1) is 0 Å². The standard InChI is InChI=1S/C14H13F3N2O3S/c15-14(16,17)7-19-13(22)12(21)18-5-10(20)9-6-23-11-4-2-1-3-8(9)11/h1-4,6,10,20H,5,7H2,(H,18,21)(H,19,22). The van der Waals surface area contributed by atoms with E-state index in [9.17, 15) is 27.9 Å². The van der Waals surface area contributed by atoms with Crippen LogP contribution in [0.2, 0.25) is 0 Å². The lowest BCUT2D eigenvalue weighted by atomic mass is 10.1. The highest BCUT2D eigenvalue weighted by molar-refractivity contribution is 7.17. The van der Waals surface area contributed by atoms with Crippen LogP contribution in [0.25, 0.3) is 10.1 Å². The van der Waals surface area contributed by atoms with E-state index in [1.807, 2.05) is 18.2 Å². The Kier molecular flexibility index (Phi) is 5.22. The van der Waals surface area contributed by atoms with Gasteiger partial charge in [-0.1, -0.05) is 18.2 Å². The van der Waals surface area contributed by atoms with Gasteiger partial charge >= 0.3 is 18.0 Å². The van der Waals surface area contributed by atoms with Crippen molar-refractivity contribution in [3.8, 4) is 0 Å². The number of hydrogen-bond acceptors (Lipinski definition) is 4. The molecular formula is C14H13F3N2O3S. The smallest absolute Gasteiger partial charge is 0.387 e. The Labute approximate surface area is 133 Å². The number of carbonyl (C=O) groups excluding carboxylic acids is 2. The van der Waals surface area contributed by atoms with E-state index in [2.05, 4.69) is 5.32 Å². The first-order valence-corrected chi connectivity index (χ1v) is 7.43. The molecule has 5 nitrogen and oxygen atoms in total. The number of nitrogens with one attached hydrogen (secondary N) is 2. The lowest BCUT2D eigenvalue weighted by Crippen LogP contribution is -2.44. The van der Waals surface area contributed by atoms with Crippen molar-refractivity contribution in [3.63, 3.8) is 0 Å². The highest BCUT2D eigenvalue weighted by atomic mass is 32.1. The average Bonchev–Trinajstić information content (AvgIpc) is 2.93. The summed E-state index contributed by atoms with van der Waals surface area (Å²) in [5, 5.41) is 16.2. The van der Waals surface area contributed by atoms with Gasteiger partial charge in [0.1, 0.15) is 6.54 Å². The summed E-state index contributed by atoms with van der Waals surface area (Å²) in [5.41, 5.74) is 0.585. The van der Waals surface area contributed by atoms with Gasteiger partial charge in [0.15, 0.2) is 0 Å². The van der Waals surface area contributed by atoms with Crippen molar-refractivity contribution >= 4 is 33.2 Å². The Balaban J connectivity index is 1.90. The molecule has 2 aromatic rings. The Morgan fingerprint density at radius 2 is 1.83 bits per heavy atom. The Bertz CT molecular complexity index is 715. The van der Waals surface area contributed by atoms with Crippen LogP contribution in [-0.2, 0) is 9.59 Å². The van der Waals surface area contributed by atoms with Gasteiger partial charge in [-0.15, -0.1) is 11.3 Å². The number of hydrogen-bond donors (Lipinski definition) is 3. The monoisotopic (exact) mass is 346 g/mol. The molecule has 2 amide bonds. The zero-order chi connectivity index (χ0) is 17.0. The van der Waals surface area contributed by atoms with Gasteiger partial charge in [0.2, 0.25) is 0 Å². The Hall–Kier alpha value is -2.13. The highest BCUT2D eigenvalue weighted by Crippen LogP contribution is 2.29. The lowest BCUT2D eigenvalue weighted by Gasteiger charge is -2.12. The Morgan fingerprint density at radius 3 is 2.52 bits per heavy atom. The number of aliphatic hydroxyl groups excluding tert-OH is 1. The molecule has 0 saturated heterocycles. The van der Waals surface area contributed by atoms with Crippen LogP contribution in [0.1, 0.15) is 11.7 Å². The zero-order valence-electron chi connectivity index (χ0n) is 11.7. The van der Waals surface area contributed by atoms with Crippen molar-refractivity contribution < 1.29 is 27.9 Å². The van der Waals surface area contributed by atoms with Crippen LogP contribution in [0.4, 0.5) is 13.2 Å². The fourth-order valence-corrected chi connectivity index (χ4v) is 2.90. The van der Waals surface area contributed by atoms with Crippen molar-refractivity contribution in [2.45, 2.75) is 12.3 Å². The van der Waals surface area contributed by atoms with Crippen molar-refractivity contribution in [2.75, 3.05) is 13.1 Å². The number of alkyl halides is 3. The minimum Gasteiger partial charge on any atom is -0.387 e. The molecule has 1 aromatic carbocycles. The number of carbonyl (C=O) groups is 2. The van der Waals surface area contributed by atoms with Gasteiger partial charge in [-0.3, -0.25) is 9.59 Å². The fourth-order valence-electron chi connectivity index (χ4n) is 1.90. The summed E-state index contributed by atoms with van der Waals surface area (Å²) in [4.78, 5) is 22.6. The first-order chi connectivity index (χ1) is 10.8. The molecule has 0 aliphatic heterocycles. The molecule has 0 bridgehead atoms. The van der Waals surface area contributed by atoms with E-state index < -0.39 is 30.6 Å². The summed E-state index contributed by atoms with van der Waals surface area (Å²) < 4.78 is 36.8. The molecular weight excluding hydrogens is 333 g/mol. The van der Waals surface area contributed by atoms with Gasteiger partial charge in [-0.2, -0.15) is 13.2 Å². The molecule has 124 valence electrons. The second-order valence-corrected chi connectivity index (χ2v) is 5.62. The molecule has 0 aliphatic carbocycles. The molecule has 0 aliphatic rings. The van der Waals surface area contributed by atoms with Crippen molar-refractivity contribution in [1.82, 2.24) is 10.6 Å². The molecule has 0 spiro atoms. The molecule has 23 heavy (non-hydrogen) atoms. The van der Waals surface area contributed by atoms with Crippen molar-refractivity contribution in [3.05, 3.63) is 35.2 Å². The van der Waals surface area contributed by atoms with E-state index in [-0.39, 0.29) is 6.54 Å². The summed E-state index contributed by atoms with van der Waals surface area (Å²) >= 11 is 1.42. The number of fused-ring (bicyclic) bond motifs is 1. The van der Waals surface area contributed by atoms with Crippen LogP contribution >= 0.6 is 11.3 Å². The first kappa shape index (κ1) is 17.2. The summed E-state index contributed by atoms with van der Waals surface area (Å²) in [6.45, 7) is -1.87. The predicted molar refractivity (Wildman–Crippen MR) is 78.9 cm³/mol. The molecule has 1 unspecified atom stereocenters. The van der Waals surface area contributed by atoms with Crippen LogP contribution < -0.4 is 10.6 Å². The molecule has 0 saturated carbocycles. The molecule has 1 aromatic heterocycles. The molecule has 1 atom stereocenters. The second kappa shape index (κ2) is 6.97. The normalized spacial score (nSPS) is 12.9. The summed E-state index contributed by atoms with van der Waals surface area (Å²) in [7, 11) is 0. The summed E-state index contributed by atoms with van der Waals surface area (Å²) in [6.07, 6.45) is -5.66.